The SMILES string of the molecule is Cc1ccc(N2CC3=C(C2=O)C(c2ccc(C(C)C)cc2)NC(=O)N3C)cc1. The molecule has 2 aliphatic heterocycles. The Hall–Kier alpha value is -3.08. The minimum Gasteiger partial charge on any atom is -0.327 e. The highest BCUT2D eigenvalue weighted by Crippen LogP contribution is 2.37. The van der Waals surface area contributed by atoms with Gasteiger partial charge >= 0.3 is 6.03 Å². The number of carbonyl (C=O) groups is 2. The molecule has 1 N–H and O–H groups in total. The Bertz CT molecular complexity index is 958. The Labute approximate surface area is 165 Å². The molecule has 0 saturated carbocycles. The van der Waals surface area contributed by atoms with Crippen molar-refractivity contribution < 1.29 is 9.59 Å². The maximum absolute atomic E-state index is 13.3. The lowest BCUT2D eigenvalue weighted by atomic mass is 9.93. The average molecular weight is 375 g/mol. The Morgan fingerprint density at radius 1 is 1.00 bits per heavy atom. The number of nitrogens with zero attached hydrogens (tertiary/aromatic N) is 2. The van der Waals surface area contributed by atoms with Crippen LogP contribution in [0.1, 0.15) is 42.5 Å². The first kappa shape index (κ1) is 18.3. The number of anilines is 1. The van der Waals surface area contributed by atoms with E-state index in [1.54, 1.807) is 16.8 Å². The quantitative estimate of drug-likeness (QED) is 0.878. The number of aryl methyl sites for hydroxylation is 1. The molecule has 0 aromatic heterocycles. The molecule has 0 spiro atoms. The molecule has 1 atom stereocenters. The second-order valence-electron chi connectivity index (χ2n) is 7.85. The van der Waals surface area contributed by atoms with Crippen LogP contribution in [0.2, 0.25) is 0 Å². The van der Waals surface area contributed by atoms with Crippen molar-refractivity contribution in [3.63, 3.8) is 0 Å². The maximum Gasteiger partial charge on any atom is 0.322 e. The third-order valence-corrected chi connectivity index (χ3v) is 5.64. The summed E-state index contributed by atoms with van der Waals surface area (Å²) in [5.74, 6) is 0.379. The zero-order valence-electron chi connectivity index (χ0n) is 16.7. The van der Waals surface area contributed by atoms with Crippen LogP contribution in [0.4, 0.5) is 10.5 Å². The summed E-state index contributed by atoms with van der Waals surface area (Å²) in [6.07, 6.45) is 0. The van der Waals surface area contributed by atoms with Crippen molar-refractivity contribution in [1.29, 1.82) is 0 Å². The van der Waals surface area contributed by atoms with Crippen LogP contribution < -0.4 is 10.2 Å². The van der Waals surface area contributed by atoms with Gasteiger partial charge < -0.3 is 10.2 Å². The van der Waals surface area contributed by atoms with Gasteiger partial charge in [-0.15, -0.1) is 0 Å². The molecule has 0 aliphatic carbocycles. The van der Waals surface area contributed by atoms with Crippen molar-refractivity contribution in [3.8, 4) is 0 Å². The van der Waals surface area contributed by atoms with Crippen molar-refractivity contribution in [1.82, 2.24) is 10.2 Å². The average Bonchev–Trinajstić information content (AvgIpc) is 3.03. The number of rotatable bonds is 3. The van der Waals surface area contributed by atoms with E-state index in [4.69, 9.17) is 0 Å². The Morgan fingerprint density at radius 3 is 2.25 bits per heavy atom. The van der Waals surface area contributed by atoms with Crippen molar-refractivity contribution in [2.45, 2.75) is 32.7 Å². The van der Waals surface area contributed by atoms with Gasteiger partial charge in [0.15, 0.2) is 0 Å². The second kappa shape index (κ2) is 6.82. The van der Waals surface area contributed by atoms with Gasteiger partial charge in [-0.1, -0.05) is 55.8 Å². The van der Waals surface area contributed by atoms with E-state index in [-0.39, 0.29) is 11.9 Å². The lowest BCUT2D eigenvalue weighted by Gasteiger charge is -2.31. The van der Waals surface area contributed by atoms with E-state index < -0.39 is 6.04 Å². The largest absolute Gasteiger partial charge is 0.327 e. The van der Waals surface area contributed by atoms with Crippen molar-refractivity contribution in [2.24, 2.45) is 0 Å². The van der Waals surface area contributed by atoms with E-state index in [9.17, 15) is 9.59 Å². The van der Waals surface area contributed by atoms with E-state index in [1.807, 2.05) is 43.3 Å². The summed E-state index contributed by atoms with van der Waals surface area (Å²) < 4.78 is 0. The summed E-state index contributed by atoms with van der Waals surface area (Å²) in [5, 5.41) is 3.00. The minimum atomic E-state index is -0.428. The lowest BCUT2D eigenvalue weighted by molar-refractivity contribution is -0.114. The standard InChI is InChI=1S/C23H25N3O2/c1-14(2)16-7-9-17(10-8-16)21-20-19(25(4)23(28)24-21)13-26(22(20)27)18-11-5-15(3)6-12-18/h5-12,14,21H,13H2,1-4H3,(H,24,28). The zero-order chi connectivity index (χ0) is 20.0. The van der Waals surface area contributed by atoms with E-state index >= 15 is 0 Å². The molecule has 3 amide bonds. The second-order valence-corrected chi connectivity index (χ2v) is 7.85. The van der Waals surface area contributed by atoms with Crippen molar-refractivity contribution in [3.05, 3.63) is 76.5 Å². The normalized spacial score (nSPS) is 19.4. The number of benzene rings is 2. The molecular weight excluding hydrogens is 350 g/mol. The van der Waals surface area contributed by atoms with Crippen molar-refractivity contribution in [2.75, 3.05) is 18.5 Å². The Kier molecular flexibility index (Phi) is 4.46. The fourth-order valence-corrected chi connectivity index (χ4v) is 3.82. The highest BCUT2D eigenvalue weighted by atomic mass is 16.2. The number of hydrogen-bond donors (Lipinski definition) is 1. The highest BCUT2D eigenvalue weighted by Gasteiger charge is 2.43. The molecule has 2 aliphatic rings. The number of amides is 3. The van der Waals surface area contributed by atoms with Gasteiger partial charge in [0, 0.05) is 12.7 Å². The van der Waals surface area contributed by atoms with E-state index in [1.165, 1.54) is 5.56 Å². The van der Waals surface area contributed by atoms with Crippen LogP contribution in [0.25, 0.3) is 0 Å². The predicted octanol–water partition coefficient (Wildman–Crippen LogP) is 4.12. The molecule has 0 fully saturated rings. The summed E-state index contributed by atoms with van der Waals surface area (Å²) in [7, 11) is 1.72. The molecule has 28 heavy (non-hydrogen) atoms. The Morgan fingerprint density at radius 2 is 1.64 bits per heavy atom. The molecule has 0 bridgehead atoms. The Balaban J connectivity index is 1.72. The monoisotopic (exact) mass is 375 g/mol. The number of likely N-dealkylation sites (N-methyl/N-ethyl adjacent to an activating group) is 1. The van der Waals surface area contributed by atoms with Gasteiger partial charge in [-0.05, 0) is 36.1 Å². The summed E-state index contributed by atoms with van der Waals surface area (Å²) in [5.41, 5.74) is 5.57. The summed E-state index contributed by atoms with van der Waals surface area (Å²) in [4.78, 5) is 29.2. The molecule has 2 heterocycles. The van der Waals surface area contributed by atoms with Gasteiger partial charge in [0.25, 0.3) is 5.91 Å². The zero-order valence-corrected chi connectivity index (χ0v) is 16.7. The van der Waals surface area contributed by atoms with E-state index in [0.717, 1.165) is 22.5 Å². The van der Waals surface area contributed by atoms with E-state index in [0.29, 0.717) is 18.0 Å². The van der Waals surface area contributed by atoms with Crippen molar-refractivity contribution >= 4 is 17.6 Å². The molecule has 2 aromatic rings. The molecular formula is C23H25N3O2. The molecule has 0 saturated heterocycles. The van der Waals surface area contributed by atoms with Crippen LogP contribution in [-0.2, 0) is 4.79 Å². The molecule has 1 unspecified atom stereocenters. The minimum absolute atomic E-state index is 0.0522. The number of urea groups is 1. The highest BCUT2D eigenvalue weighted by molar-refractivity contribution is 6.11. The molecule has 144 valence electrons. The number of nitrogens with one attached hydrogen (secondary N) is 1. The van der Waals surface area contributed by atoms with E-state index in [2.05, 4.69) is 31.3 Å². The fourth-order valence-electron chi connectivity index (χ4n) is 3.82. The van der Waals surface area contributed by atoms with Gasteiger partial charge in [-0.2, -0.15) is 0 Å². The van der Waals surface area contributed by atoms with Crippen LogP contribution in [0.15, 0.2) is 59.8 Å². The van der Waals surface area contributed by atoms with Gasteiger partial charge in [0.1, 0.15) is 0 Å². The summed E-state index contributed by atoms with van der Waals surface area (Å²) >= 11 is 0. The first-order valence-corrected chi connectivity index (χ1v) is 9.62. The molecule has 2 aromatic carbocycles. The first-order valence-electron chi connectivity index (χ1n) is 9.62. The molecule has 5 nitrogen and oxygen atoms in total. The summed E-state index contributed by atoms with van der Waals surface area (Å²) in [6.45, 7) is 6.72. The summed E-state index contributed by atoms with van der Waals surface area (Å²) in [6, 6.07) is 15.4. The third kappa shape index (κ3) is 2.97. The van der Waals surface area contributed by atoms with Gasteiger partial charge in [0.05, 0.1) is 23.9 Å². The molecule has 0 radical (unpaired) electrons. The van der Waals surface area contributed by atoms with Crippen LogP contribution in [0.3, 0.4) is 0 Å². The smallest absolute Gasteiger partial charge is 0.322 e. The fraction of sp³-hybridized carbons (Fsp3) is 0.304. The number of hydrogen-bond acceptors (Lipinski definition) is 2. The van der Waals surface area contributed by atoms with Crippen LogP contribution >= 0.6 is 0 Å². The van der Waals surface area contributed by atoms with Gasteiger partial charge in [-0.25, -0.2) is 4.79 Å². The van der Waals surface area contributed by atoms with Crippen LogP contribution in [0, 0.1) is 6.92 Å². The number of carbonyl (C=O) groups excluding carboxylic acids is 2. The maximum atomic E-state index is 13.3. The van der Waals surface area contributed by atoms with Crippen LogP contribution in [0.5, 0.6) is 0 Å². The van der Waals surface area contributed by atoms with Gasteiger partial charge in [0.2, 0.25) is 0 Å². The topological polar surface area (TPSA) is 52.7 Å². The third-order valence-electron chi connectivity index (χ3n) is 5.64. The lowest BCUT2D eigenvalue weighted by Crippen LogP contribution is -2.45. The van der Waals surface area contributed by atoms with Crippen LogP contribution in [-0.4, -0.2) is 30.4 Å². The molecule has 4 rings (SSSR count). The van der Waals surface area contributed by atoms with Gasteiger partial charge in [-0.3, -0.25) is 9.69 Å². The predicted molar refractivity (Wildman–Crippen MR) is 110 cm³/mol. The molecule has 5 heteroatoms. The first-order chi connectivity index (χ1) is 13.4.